The van der Waals surface area contributed by atoms with Gasteiger partial charge < -0.3 is 4.74 Å². The minimum atomic E-state index is -0.197. The third-order valence-electron chi connectivity index (χ3n) is 3.12. The molecule has 0 aliphatic heterocycles. The van der Waals surface area contributed by atoms with Crippen molar-refractivity contribution in [3.63, 3.8) is 0 Å². The number of aromatic nitrogens is 1. The monoisotopic (exact) mass is 290 g/mol. The van der Waals surface area contributed by atoms with Gasteiger partial charge in [-0.05, 0) is 51.0 Å². The number of ether oxygens (including phenoxy) is 1. The zero-order valence-corrected chi connectivity index (χ0v) is 12.9. The lowest BCUT2D eigenvalue weighted by Crippen LogP contribution is -2.20. The van der Waals surface area contributed by atoms with Gasteiger partial charge in [0.15, 0.2) is 11.7 Å². The van der Waals surface area contributed by atoms with Crippen LogP contribution in [-0.4, -0.2) is 17.5 Å². The maximum Gasteiger partial charge on any atom is 0.264 e. The number of rotatable bonds is 4. The maximum atomic E-state index is 11.8. The van der Waals surface area contributed by atoms with E-state index < -0.39 is 0 Å². The van der Waals surface area contributed by atoms with E-state index in [4.69, 9.17) is 4.74 Å². The summed E-state index contributed by atoms with van der Waals surface area (Å²) < 4.78 is 5.48. The van der Waals surface area contributed by atoms with Crippen molar-refractivity contribution in [1.29, 1.82) is 0 Å². The molecule has 20 heavy (non-hydrogen) atoms. The summed E-state index contributed by atoms with van der Waals surface area (Å²) in [7, 11) is 0. The third-order valence-corrected chi connectivity index (χ3v) is 4.11. The Hall–Kier alpha value is -1.88. The number of aryl methyl sites for hydroxylation is 4. The summed E-state index contributed by atoms with van der Waals surface area (Å²) >= 11 is 1.47. The van der Waals surface area contributed by atoms with E-state index in [2.05, 4.69) is 10.3 Å². The van der Waals surface area contributed by atoms with Crippen molar-refractivity contribution in [2.24, 2.45) is 0 Å². The number of anilines is 1. The first kappa shape index (κ1) is 14.5. The van der Waals surface area contributed by atoms with Crippen LogP contribution >= 0.6 is 11.3 Å². The molecule has 1 aromatic heterocycles. The highest BCUT2D eigenvalue weighted by atomic mass is 32.1. The fourth-order valence-electron chi connectivity index (χ4n) is 1.63. The zero-order chi connectivity index (χ0) is 14.7. The van der Waals surface area contributed by atoms with E-state index in [1.807, 2.05) is 45.9 Å². The summed E-state index contributed by atoms with van der Waals surface area (Å²) in [4.78, 5) is 17.2. The van der Waals surface area contributed by atoms with Crippen molar-refractivity contribution in [2.45, 2.75) is 27.7 Å². The van der Waals surface area contributed by atoms with Crippen LogP contribution < -0.4 is 10.1 Å². The predicted octanol–water partition coefficient (Wildman–Crippen LogP) is 3.39. The van der Waals surface area contributed by atoms with Crippen LogP contribution in [0.25, 0.3) is 0 Å². The highest BCUT2D eigenvalue weighted by Crippen LogP contribution is 2.21. The number of nitrogens with zero attached hydrogens (tertiary/aromatic N) is 1. The minimum Gasteiger partial charge on any atom is -0.484 e. The molecule has 0 aliphatic carbocycles. The Bertz CT molecular complexity index is 615. The van der Waals surface area contributed by atoms with Gasteiger partial charge in [-0.15, -0.1) is 11.3 Å². The summed E-state index contributed by atoms with van der Waals surface area (Å²) in [6.07, 6.45) is 0. The first-order valence-corrected chi connectivity index (χ1v) is 7.21. The standard InChI is InChI=1S/C15H18N2O2S/c1-9-5-6-13(7-10(9)2)19-8-14(18)17-15-16-11(3)12(4)20-15/h5-7H,8H2,1-4H3,(H,16,17,18). The van der Waals surface area contributed by atoms with Crippen molar-refractivity contribution in [1.82, 2.24) is 4.98 Å². The highest BCUT2D eigenvalue weighted by Gasteiger charge is 2.08. The first-order chi connectivity index (χ1) is 9.45. The number of carbonyl (C=O) groups excluding carboxylic acids is 1. The molecule has 2 rings (SSSR count). The van der Waals surface area contributed by atoms with Crippen LogP contribution in [0.5, 0.6) is 5.75 Å². The van der Waals surface area contributed by atoms with Crippen LogP contribution in [0, 0.1) is 27.7 Å². The summed E-state index contributed by atoms with van der Waals surface area (Å²) in [6, 6.07) is 5.78. The molecule has 0 saturated carbocycles. The van der Waals surface area contributed by atoms with Gasteiger partial charge in [-0.3, -0.25) is 10.1 Å². The number of hydrogen-bond acceptors (Lipinski definition) is 4. The molecule has 5 heteroatoms. The van der Waals surface area contributed by atoms with Crippen LogP contribution in [0.1, 0.15) is 21.7 Å². The fraction of sp³-hybridized carbons (Fsp3) is 0.333. The number of nitrogens with one attached hydrogen (secondary N) is 1. The number of carbonyl (C=O) groups is 1. The van der Waals surface area contributed by atoms with Crippen LogP contribution in [-0.2, 0) is 4.79 Å². The van der Waals surface area contributed by atoms with Crippen molar-refractivity contribution in [3.05, 3.63) is 39.9 Å². The highest BCUT2D eigenvalue weighted by molar-refractivity contribution is 7.15. The fourth-order valence-corrected chi connectivity index (χ4v) is 2.46. The Labute approximate surface area is 122 Å². The molecule has 0 unspecified atom stereocenters. The molecule has 2 aromatic rings. The molecule has 0 atom stereocenters. The van der Waals surface area contributed by atoms with Gasteiger partial charge in [-0.25, -0.2) is 4.98 Å². The molecule has 0 radical (unpaired) electrons. The second kappa shape index (κ2) is 6.05. The van der Waals surface area contributed by atoms with Gasteiger partial charge in [0, 0.05) is 4.88 Å². The van der Waals surface area contributed by atoms with E-state index in [0.29, 0.717) is 10.9 Å². The summed E-state index contributed by atoms with van der Waals surface area (Å²) in [5.74, 6) is 0.506. The van der Waals surface area contributed by atoms with E-state index in [-0.39, 0.29) is 12.5 Å². The second-order valence-corrected chi connectivity index (χ2v) is 5.95. The number of thiazole rings is 1. The minimum absolute atomic E-state index is 0.0137. The molecule has 0 saturated heterocycles. The SMILES string of the molecule is Cc1ccc(OCC(=O)Nc2nc(C)c(C)s2)cc1C. The maximum absolute atomic E-state index is 11.8. The van der Waals surface area contributed by atoms with E-state index in [9.17, 15) is 4.79 Å². The molecule has 0 aliphatic rings. The Balaban J connectivity index is 1.90. The van der Waals surface area contributed by atoms with Gasteiger partial charge in [0.1, 0.15) is 5.75 Å². The number of benzene rings is 1. The van der Waals surface area contributed by atoms with E-state index >= 15 is 0 Å². The molecular weight excluding hydrogens is 272 g/mol. The van der Waals surface area contributed by atoms with Crippen molar-refractivity contribution in [3.8, 4) is 5.75 Å². The lowest BCUT2D eigenvalue weighted by molar-refractivity contribution is -0.118. The molecule has 0 bridgehead atoms. The molecule has 1 heterocycles. The summed E-state index contributed by atoms with van der Waals surface area (Å²) in [5.41, 5.74) is 3.30. The molecule has 1 N–H and O–H groups in total. The quantitative estimate of drug-likeness (QED) is 0.939. The normalized spacial score (nSPS) is 10.4. The summed E-state index contributed by atoms with van der Waals surface area (Å²) in [6.45, 7) is 7.95. The Morgan fingerprint density at radius 2 is 2.00 bits per heavy atom. The molecule has 106 valence electrons. The molecule has 1 amide bonds. The average molecular weight is 290 g/mol. The largest absolute Gasteiger partial charge is 0.484 e. The topological polar surface area (TPSA) is 51.2 Å². The average Bonchev–Trinajstić information content (AvgIpc) is 2.70. The Morgan fingerprint density at radius 1 is 1.25 bits per heavy atom. The van der Waals surface area contributed by atoms with Crippen LogP contribution in [0.15, 0.2) is 18.2 Å². The van der Waals surface area contributed by atoms with Crippen LogP contribution in [0.3, 0.4) is 0 Å². The first-order valence-electron chi connectivity index (χ1n) is 6.39. The van der Waals surface area contributed by atoms with E-state index in [1.165, 1.54) is 16.9 Å². The van der Waals surface area contributed by atoms with Gasteiger partial charge in [0.25, 0.3) is 5.91 Å². The van der Waals surface area contributed by atoms with E-state index in [1.54, 1.807) is 0 Å². The Morgan fingerprint density at radius 3 is 2.60 bits per heavy atom. The van der Waals surface area contributed by atoms with Crippen molar-refractivity contribution >= 4 is 22.4 Å². The van der Waals surface area contributed by atoms with E-state index in [0.717, 1.165) is 16.1 Å². The smallest absolute Gasteiger partial charge is 0.264 e. The lowest BCUT2D eigenvalue weighted by atomic mass is 10.1. The van der Waals surface area contributed by atoms with Gasteiger partial charge in [0.05, 0.1) is 5.69 Å². The van der Waals surface area contributed by atoms with Gasteiger partial charge in [0.2, 0.25) is 0 Å². The zero-order valence-electron chi connectivity index (χ0n) is 12.1. The van der Waals surface area contributed by atoms with Crippen LogP contribution in [0.4, 0.5) is 5.13 Å². The van der Waals surface area contributed by atoms with Gasteiger partial charge in [-0.2, -0.15) is 0 Å². The van der Waals surface area contributed by atoms with Gasteiger partial charge >= 0.3 is 0 Å². The summed E-state index contributed by atoms with van der Waals surface area (Å²) in [5, 5.41) is 3.36. The lowest BCUT2D eigenvalue weighted by Gasteiger charge is -2.07. The molecule has 4 nitrogen and oxygen atoms in total. The Kier molecular flexibility index (Phi) is 4.39. The predicted molar refractivity (Wildman–Crippen MR) is 81.6 cm³/mol. The molecule has 1 aromatic carbocycles. The molecular formula is C15H18N2O2S. The molecule has 0 spiro atoms. The van der Waals surface area contributed by atoms with Crippen LogP contribution in [0.2, 0.25) is 0 Å². The van der Waals surface area contributed by atoms with Crippen molar-refractivity contribution in [2.75, 3.05) is 11.9 Å². The number of hydrogen-bond donors (Lipinski definition) is 1. The third kappa shape index (κ3) is 3.57. The number of amides is 1. The van der Waals surface area contributed by atoms with Gasteiger partial charge in [-0.1, -0.05) is 6.07 Å². The molecule has 0 fully saturated rings. The van der Waals surface area contributed by atoms with Crippen molar-refractivity contribution < 1.29 is 9.53 Å². The second-order valence-electron chi connectivity index (χ2n) is 4.74.